The van der Waals surface area contributed by atoms with E-state index in [1.807, 2.05) is 12.1 Å². The van der Waals surface area contributed by atoms with Gasteiger partial charge in [0.15, 0.2) is 5.78 Å². The molecule has 5 unspecified atom stereocenters. The molecular weight excluding hydrogens is 248 g/mol. The predicted octanol–water partition coefficient (Wildman–Crippen LogP) is 3.48. The second kappa shape index (κ2) is 3.66. The number of rotatable bonds is 2. The van der Waals surface area contributed by atoms with Crippen LogP contribution in [0.1, 0.15) is 42.1 Å². The van der Waals surface area contributed by atoms with Gasteiger partial charge < -0.3 is 4.74 Å². The Hall–Kier alpha value is -1.31. The van der Waals surface area contributed by atoms with Crippen LogP contribution < -0.4 is 4.74 Å². The molecule has 3 fully saturated rings. The van der Waals surface area contributed by atoms with Crippen molar-refractivity contribution in [3.05, 3.63) is 29.3 Å². The number of Topliss-reactive ketones (excluding diaryl/α,β-unsaturated/α-hetero) is 1. The molecule has 0 spiro atoms. The Kier molecular flexibility index (Phi) is 2.08. The zero-order chi connectivity index (χ0) is 13.4. The highest BCUT2D eigenvalue weighted by molar-refractivity contribution is 6.00. The smallest absolute Gasteiger partial charge is 0.166 e. The van der Waals surface area contributed by atoms with Crippen molar-refractivity contribution in [3.8, 4) is 5.75 Å². The van der Waals surface area contributed by atoms with Gasteiger partial charge in [-0.15, -0.1) is 0 Å². The third-order valence-electron chi connectivity index (χ3n) is 6.22. The van der Waals surface area contributed by atoms with Crippen LogP contribution in [0.2, 0.25) is 0 Å². The van der Waals surface area contributed by atoms with Crippen molar-refractivity contribution in [3.63, 3.8) is 0 Å². The number of ketones is 1. The van der Waals surface area contributed by atoms with Crippen molar-refractivity contribution in [1.29, 1.82) is 0 Å². The van der Waals surface area contributed by atoms with Crippen molar-refractivity contribution in [1.82, 2.24) is 0 Å². The number of carbonyl (C=O) groups excluding carboxylic acids is 1. The number of hydrogen-bond acceptors (Lipinski definition) is 2. The number of ether oxygens (including phenoxy) is 1. The van der Waals surface area contributed by atoms with E-state index in [4.69, 9.17) is 4.74 Å². The standard InChI is InChI=1S/C18H20O2/c1-9-6-13-8-12(4-5-14(13)20-9)18(19)17-15-10-2-3-11(7-10)16(15)17/h4-5,8-11,15-17H,2-3,6-7H2,1H3. The van der Waals surface area contributed by atoms with Crippen molar-refractivity contribution in [2.24, 2.45) is 29.6 Å². The molecule has 1 aliphatic heterocycles. The molecule has 5 rings (SSSR count). The van der Waals surface area contributed by atoms with Crippen LogP contribution in [0.25, 0.3) is 0 Å². The van der Waals surface area contributed by atoms with Gasteiger partial charge in [-0.25, -0.2) is 0 Å². The SMILES string of the molecule is CC1Cc2cc(C(=O)C3C4C5CCC(C5)C34)ccc2O1. The zero-order valence-corrected chi connectivity index (χ0v) is 11.8. The van der Waals surface area contributed by atoms with Crippen LogP contribution in [-0.2, 0) is 6.42 Å². The van der Waals surface area contributed by atoms with Gasteiger partial charge in [-0.3, -0.25) is 4.79 Å². The molecule has 20 heavy (non-hydrogen) atoms. The Bertz CT molecular complexity index is 589. The Labute approximate surface area is 119 Å². The summed E-state index contributed by atoms with van der Waals surface area (Å²) in [5.41, 5.74) is 2.15. The fourth-order valence-electron chi connectivity index (χ4n) is 5.44. The maximum atomic E-state index is 12.8. The predicted molar refractivity (Wildman–Crippen MR) is 75.9 cm³/mol. The van der Waals surface area contributed by atoms with Crippen molar-refractivity contribution < 1.29 is 9.53 Å². The number of fused-ring (bicyclic) bond motifs is 6. The topological polar surface area (TPSA) is 26.3 Å². The molecule has 0 N–H and O–H groups in total. The van der Waals surface area contributed by atoms with Crippen LogP contribution >= 0.6 is 0 Å². The first-order valence-corrected chi connectivity index (χ1v) is 8.06. The summed E-state index contributed by atoms with van der Waals surface area (Å²) in [4.78, 5) is 12.8. The van der Waals surface area contributed by atoms with E-state index in [1.54, 1.807) is 0 Å². The lowest BCUT2D eigenvalue weighted by molar-refractivity contribution is 0.0944. The van der Waals surface area contributed by atoms with Gasteiger partial charge in [0.1, 0.15) is 11.9 Å². The van der Waals surface area contributed by atoms with Crippen molar-refractivity contribution >= 4 is 5.78 Å². The first-order valence-electron chi connectivity index (χ1n) is 8.06. The number of hydrogen-bond donors (Lipinski definition) is 0. The summed E-state index contributed by atoms with van der Waals surface area (Å²) in [6.45, 7) is 2.09. The minimum Gasteiger partial charge on any atom is -0.490 e. The summed E-state index contributed by atoms with van der Waals surface area (Å²) in [7, 11) is 0. The van der Waals surface area contributed by atoms with Crippen LogP contribution in [0, 0.1) is 29.6 Å². The minimum absolute atomic E-state index is 0.256. The van der Waals surface area contributed by atoms with Crippen LogP contribution in [0.3, 0.4) is 0 Å². The van der Waals surface area contributed by atoms with Gasteiger partial charge in [0.2, 0.25) is 0 Å². The maximum Gasteiger partial charge on any atom is 0.166 e. The highest BCUT2D eigenvalue weighted by Crippen LogP contribution is 2.69. The van der Waals surface area contributed by atoms with Crippen molar-refractivity contribution in [2.75, 3.05) is 0 Å². The fraction of sp³-hybridized carbons (Fsp3) is 0.611. The lowest BCUT2D eigenvalue weighted by Crippen LogP contribution is -2.10. The van der Waals surface area contributed by atoms with Crippen molar-refractivity contribution in [2.45, 2.75) is 38.7 Å². The molecule has 104 valence electrons. The molecule has 0 aromatic heterocycles. The minimum atomic E-state index is 0.256. The van der Waals surface area contributed by atoms with E-state index in [2.05, 4.69) is 13.0 Å². The average molecular weight is 268 g/mol. The monoisotopic (exact) mass is 268 g/mol. The molecule has 3 aliphatic carbocycles. The summed E-state index contributed by atoms with van der Waals surface area (Å²) in [5.74, 6) is 4.98. The molecule has 0 saturated heterocycles. The maximum absolute atomic E-state index is 12.8. The van der Waals surface area contributed by atoms with Gasteiger partial charge in [-0.1, -0.05) is 0 Å². The van der Waals surface area contributed by atoms with Gasteiger partial charge in [0, 0.05) is 17.9 Å². The Balaban J connectivity index is 1.42. The highest BCUT2D eigenvalue weighted by Gasteiger charge is 2.67. The lowest BCUT2D eigenvalue weighted by atomic mass is 9.95. The zero-order valence-electron chi connectivity index (χ0n) is 11.8. The normalized spacial score (nSPS) is 43.0. The molecule has 2 bridgehead atoms. The molecule has 0 radical (unpaired) electrons. The fourth-order valence-corrected chi connectivity index (χ4v) is 5.44. The van der Waals surface area contributed by atoms with E-state index in [-0.39, 0.29) is 6.10 Å². The van der Waals surface area contributed by atoms with E-state index < -0.39 is 0 Å². The average Bonchev–Trinajstić information content (AvgIpc) is 2.76. The van der Waals surface area contributed by atoms with E-state index in [1.165, 1.54) is 24.8 Å². The van der Waals surface area contributed by atoms with E-state index in [9.17, 15) is 4.79 Å². The second-order valence-electron chi connectivity index (χ2n) is 7.33. The Morgan fingerprint density at radius 2 is 1.95 bits per heavy atom. The Morgan fingerprint density at radius 1 is 1.20 bits per heavy atom. The summed E-state index contributed by atoms with van der Waals surface area (Å²) in [5, 5.41) is 0. The molecule has 2 heteroatoms. The molecular formula is C18H20O2. The van der Waals surface area contributed by atoms with Crippen LogP contribution in [0.15, 0.2) is 18.2 Å². The summed E-state index contributed by atoms with van der Waals surface area (Å²) < 4.78 is 5.73. The van der Waals surface area contributed by atoms with Gasteiger partial charge in [-0.2, -0.15) is 0 Å². The molecule has 4 aliphatic rings. The molecule has 2 nitrogen and oxygen atoms in total. The molecule has 5 atom stereocenters. The quantitative estimate of drug-likeness (QED) is 0.768. The highest BCUT2D eigenvalue weighted by atomic mass is 16.5. The van der Waals surface area contributed by atoms with Crippen LogP contribution in [0.5, 0.6) is 5.75 Å². The van der Waals surface area contributed by atoms with E-state index in [0.29, 0.717) is 11.7 Å². The molecule has 0 amide bonds. The largest absolute Gasteiger partial charge is 0.490 e. The molecule has 1 aromatic rings. The lowest BCUT2D eigenvalue weighted by Gasteiger charge is -2.08. The van der Waals surface area contributed by atoms with Gasteiger partial charge in [0.25, 0.3) is 0 Å². The molecule has 1 aromatic carbocycles. The Morgan fingerprint density at radius 3 is 2.70 bits per heavy atom. The molecule has 3 saturated carbocycles. The first kappa shape index (κ1) is 11.4. The van der Waals surface area contributed by atoms with Gasteiger partial charge >= 0.3 is 0 Å². The van der Waals surface area contributed by atoms with E-state index >= 15 is 0 Å². The summed E-state index contributed by atoms with van der Waals surface area (Å²) in [6, 6.07) is 6.07. The summed E-state index contributed by atoms with van der Waals surface area (Å²) in [6.07, 6.45) is 5.37. The molecule has 1 heterocycles. The van der Waals surface area contributed by atoms with E-state index in [0.717, 1.165) is 41.4 Å². The van der Waals surface area contributed by atoms with Gasteiger partial charge in [0.05, 0.1) is 0 Å². The number of benzene rings is 1. The van der Waals surface area contributed by atoms with Crippen LogP contribution in [-0.4, -0.2) is 11.9 Å². The van der Waals surface area contributed by atoms with Crippen LogP contribution in [0.4, 0.5) is 0 Å². The second-order valence-corrected chi connectivity index (χ2v) is 7.33. The van der Waals surface area contributed by atoms with Gasteiger partial charge in [-0.05, 0) is 73.6 Å². The third kappa shape index (κ3) is 1.37. The third-order valence-corrected chi connectivity index (χ3v) is 6.22. The first-order chi connectivity index (χ1) is 9.72. The summed E-state index contributed by atoms with van der Waals surface area (Å²) >= 11 is 0. The number of carbonyl (C=O) groups is 1.